The molecule has 1 amide bonds. The summed E-state index contributed by atoms with van der Waals surface area (Å²) in [5.41, 5.74) is 8.34. The maximum atomic E-state index is 12.6. The van der Waals surface area contributed by atoms with Crippen molar-refractivity contribution in [1.82, 2.24) is 19.9 Å². The summed E-state index contributed by atoms with van der Waals surface area (Å²) >= 11 is 1.68. The average molecular weight is 493 g/mol. The van der Waals surface area contributed by atoms with E-state index in [0.717, 1.165) is 39.7 Å². The van der Waals surface area contributed by atoms with Crippen LogP contribution in [0.2, 0.25) is 0 Å². The Kier molecular flexibility index (Phi) is 7.14. The third kappa shape index (κ3) is 5.66. The summed E-state index contributed by atoms with van der Waals surface area (Å²) in [6.07, 6.45) is 1.81. The molecule has 36 heavy (non-hydrogen) atoms. The number of hydrogen-bond donors (Lipinski definition) is 1. The van der Waals surface area contributed by atoms with Crippen LogP contribution in [0.1, 0.15) is 38.2 Å². The van der Waals surface area contributed by atoms with E-state index in [1.807, 2.05) is 54.7 Å². The number of hydrogen-bond acceptors (Lipinski definition) is 4. The van der Waals surface area contributed by atoms with Crippen molar-refractivity contribution in [3.8, 4) is 0 Å². The third-order valence-corrected chi connectivity index (χ3v) is 7.14. The number of nitrogens with zero attached hydrogens (tertiary/aromatic N) is 3. The van der Waals surface area contributed by atoms with E-state index in [0.29, 0.717) is 12.1 Å². The first-order valence-electron chi connectivity index (χ1n) is 12.0. The molecular weight excluding hydrogens is 464 g/mol. The van der Waals surface area contributed by atoms with Crippen LogP contribution in [0.25, 0.3) is 11.2 Å². The van der Waals surface area contributed by atoms with Gasteiger partial charge in [-0.25, -0.2) is 9.97 Å². The molecule has 3 aromatic carbocycles. The van der Waals surface area contributed by atoms with Gasteiger partial charge in [-0.3, -0.25) is 9.36 Å². The van der Waals surface area contributed by atoms with Crippen LogP contribution >= 0.6 is 11.8 Å². The molecule has 0 spiro atoms. The molecule has 0 saturated carbocycles. The normalized spacial score (nSPS) is 11.1. The Hall–Kier alpha value is -3.90. The highest BCUT2D eigenvalue weighted by atomic mass is 32.2. The summed E-state index contributed by atoms with van der Waals surface area (Å²) in [6, 6.07) is 28.5. The van der Waals surface area contributed by atoms with Crippen LogP contribution in [0, 0.1) is 13.8 Å². The van der Waals surface area contributed by atoms with Crippen molar-refractivity contribution in [1.29, 1.82) is 0 Å². The highest BCUT2D eigenvalue weighted by Crippen LogP contribution is 2.27. The maximum Gasteiger partial charge on any atom is 0.251 e. The number of nitrogens with one attached hydrogen (secondary N) is 1. The summed E-state index contributed by atoms with van der Waals surface area (Å²) in [5, 5.41) is 3.93. The van der Waals surface area contributed by atoms with Crippen molar-refractivity contribution in [3.05, 3.63) is 125 Å². The molecule has 5 nitrogen and oxygen atoms in total. The average Bonchev–Trinajstić information content (AvgIpc) is 3.25. The Balaban J connectivity index is 1.25. The quantitative estimate of drug-likeness (QED) is 0.258. The van der Waals surface area contributed by atoms with E-state index >= 15 is 0 Å². The van der Waals surface area contributed by atoms with E-state index in [1.54, 1.807) is 11.8 Å². The zero-order valence-corrected chi connectivity index (χ0v) is 21.3. The van der Waals surface area contributed by atoms with E-state index in [2.05, 4.69) is 65.1 Å². The van der Waals surface area contributed by atoms with Gasteiger partial charge < -0.3 is 5.32 Å². The van der Waals surface area contributed by atoms with Crippen molar-refractivity contribution in [3.63, 3.8) is 0 Å². The Morgan fingerprint density at radius 3 is 2.17 bits per heavy atom. The number of aromatic nitrogens is 3. The van der Waals surface area contributed by atoms with Gasteiger partial charge in [0, 0.05) is 24.1 Å². The Labute approximate surface area is 215 Å². The van der Waals surface area contributed by atoms with Crippen LogP contribution in [-0.2, 0) is 18.8 Å². The minimum atomic E-state index is -0.0688. The van der Waals surface area contributed by atoms with Gasteiger partial charge in [0.05, 0.1) is 6.54 Å². The van der Waals surface area contributed by atoms with Gasteiger partial charge in [-0.05, 0) is 54.8 Å². The molecule has 0 saturated heterocycles. The van der Waals surface area contributed by atoms with Crippen molar-refractivity contribution in [2.75, 3.05) is 0 Å². The summed E-state index contributed by atoms with van der Waals surface area (Å²) in [7, 11) is 0. The lowest BCUT2D eigenvalue weighted by Crippen LogP contribution is -2.22. The monoisotopic (exact) mass is 492 g/mol. The largest absolute Gasteiger partial charge is 0.348 e. The topological polar surface area (TPSA) is 59.8 Å². The van der Waals surface area contributed by atoms with E-state index in [4.69, 9.17) is 4.98 Å². The second-order valence-electron chi connectivity index (χ2n) is 8.97. The number of fused-ring (bicyclic) bond motifs is 1. The zero-order chi connectivity index (χ0) is 24.9. The van der Waals surface area contributed by atoms with E-state index in [1.165, 1.54) is 16.7 Å². The molecule has 0 unspecified atom stereocenters. The first-order valence-corrected chi connectivity index (χ1v) is 13.0. The highest BCUT2D eigenvalue weighted by Gasteiger charge is 2.13. The fourth-order valence-corrected chi connectivity index (χ4v) is 4.92. The predicted octanol–water partition coefficient (Wildman–Crippen LogP) is 6.32. The molecule has 0 bridgehead atoms. The summed E-state index contributed by atoms with van der Waals surface area (Å²) in [6.45, 7) is 5.38. The van der Waals surface area contributed by atoms with Crippen molar-refractivity contribution < 1.29 is 4.79 Å². The molecule has 180 valence electrons. The minimum Gasteiger partial charge on any atom is -0.348 e. The molecule has 0 aliphatic heterocycles. The van der Waals surface area contributed by atoms with Crippen LogP contribution in [0.3, 0.4) is 0 Å². The van der Waals surface area contributed by atoms with Gasteiger partial charge in [-0.1, -0.05) is 83.6 Å². The number of imidazole rings is 1. The Morgan fingerprint density at radius 1 is 0.833 bits per heavy atom. The summed E-state index contributed by atoms with van der Waals surface area (Å²) in [5.74, 6) is 0.684. The fourth-order valence-electron chi connectivity index (χ4n) is 3.96. The maximum absolute atomic E-state index is 12.6. The molecule has 0 aliphatic carbocycles. The van der Waals surface area contributed by atoms with Gasteiger partial charge in [0.1, 0.15) is 5.52 Å². The van der Waals surface area contributed by atoms with Gasteiger partial charge in [0.2, 0.25) is 0 Å². The number of pyridine rings is 1. The molecule has 2 aromatic heterocycles. The van der Waals surface area contributed by atoms with Gasteiger partial charge in [-0.2, -0.15) is 0 Å². The minimum absolute atomic E-state index is 0.0688. The first kappa shape index (κ1) is 23.8. The van der Waals surface area contributed by atoms with Crippen LogP contribution in [0.5, 0.6) is 0 Å². The number of benzene rings is 3. The van der Waals surface area contributed by atoms with Crippen molar-refractivity contribution in [2.45, 2.75) is 37.8 Å². The molecule has 0 radical (unpaired) electrons. The van der Waals surface area contributed by atoms with Gasteiger partial charge in [0.15, 0.2) is 10.8 Å². The lowest BCUT2D eigenvalue weighted by molar-refractivity contribution is 0.0951. The number of thioether (sulfide) groups is 1. The lowest BCUT2D eigenvalue weighted by Gasteiger charge is -2.10. The highest BCUT2D eigenvalue weighted by molar-refractivity contribution is 7.98. The van der Waals surface area contributed by atoms with E-state index in [9.17, 15) is 4.79 Å². The van der Waals surface area contributed by atoms with Crippen molar-refractivity contribution >= 4 is 28.8 Å². The van der Waals surface area contributed by atoms with Crippen LogP contribution in [0.4, 0.5) is 0 Å². The predicted molar refractivity (Wildman–Crippen MR) is 146 cm³/mol. The fraction of sp³-hybridized carbons (Fsp3) is 0.167. The molecular formula is C30H28N4OS. The zero-order valence-electron chi connectivity index (χ0n) is 20.4. The first-order chi connectivity index (χ1) is 17.5. The van der Waals surface area contributed by atoms with Crippen molar-refractivity contribution in [2.24, 2.45) is 0 Å². The molecule has 5 rings (SSSR count). The van der Waals surface area contributed by atoms with Crippen LogP contribution in [0.15, 0.2) is 96.3 Å². The molecule has 0 fully saturated rings. The third-order valence-electron chi connectivity index (χ3n) is 6.09. The molecule has 1 N–H and O–H groups in total. The van der Waals surface area contributed by atoms with E-state index < -0.39 is 0 Å². The van der Waals surface area contributed by atoms with Gasteiger partial charge in [-0.15, -0.1) is 0 Å². The number of rotatable bonds is 8. The Bertz CT molecular complexity index is 1470. The number of amides is 1. The molecule has 5 aromatic rings. The van der Waals surface area contributed by atoms with Gasteiger partial charge in [0.25, 0.3) is 5.91 Å². The number of carbonyl (C=O) groups excluding carboxylic acids is 1. The SMILES string of the molecule is Cc1ccc(CNC(=O)c2ccc(CSc3nc4cccnc4n3Cc3ccc(C)cc3)cc2)cc1. The lowest BCUT2D eigenvalue weighted by atomic mass is 10.1. The summed E-state index contributed by atoms with van der Waals surface area (Å²) < 4.78 is 2.18. The van der Waals surface area contributed by atoms with Crippen LogP contribution in [-0.4, -0.2) is 20.4 Å². The molecule has 2 heterocycles. The molecule has 0 atom stereocenters. The molecule has 0 aliphatic rings. The molecule has 6 heteroatoms. The second-order valence-corrected chi connectivity index (χ2v) is 9.91. The smallest absolute Gasteiger partial charge is 0.251 e. The van der Waals surface area contributed by atoms with E-state index in [-0.39, 0.29) is 5.91 Å². The summed E-state index contributed by atoms with van der Waals surface area (Å²) in [4.78, 5) is 22.0. The van der Waals surface area contributed by atoms with Crippen LogP contribution < -0.4 is 5.32 Å². The number of carbonyl (C=O) groups is 1. The number of aryl methyl sites for hydroxylation is 2. The standard InChI is InChI=1S/C30H28N4OS/c1-21-5-9-23(10-6-21)18-32-29(35)26-15-13-25(14-16-26)20-36-30-33-27-4-3-17-31-28(27)34(30)19-24-11-7-22(2)8-12-24/h3-17H,18-20H2,1-2H3,(H,32,35). The van der Waals surface area contributed by atoms with Gasteiger partial charge >= 0.3 is 0 Å². The second kappa shape index (κ2) is 10.8. The Morgan fingerprint density at radius 2 is 1.47 bits per heavy atom.